The summed E-state index contributed by atoms with van der Waals surface area (Å²) in [6.07, 6.45) is 4.87. The van der Waals surface area contributed by atoms with Crippen molar-refractivity contribution in [2.24, 2.45) is 0 Å². The summed E-state index contributed by atoms with van der Waals surface area (Å²) in [6.45, 7) is 0. The number of fused-ring (bicyclic) bond motifs is 1. The standard InChI is InChI=1S/C18H13FN4O/c19-10-4-5-15-11(7-10)12(8-22-15)17(24)16-13(9-23-18(16)20)14-3-1-2-6-21-14/h1-9,22-23H,20H2. The van der Waals surface area contributed by atoms with Crippen molar-refractivity contribution in [3.05, 3.63) is 71.9 Å². The number of nitrogens with zero attached hydrogens (tertiary/aromatic N) is 1. The predicted molar refractivity (Wildman–Crippen MR) is 90.1 cm³/mol. The molecule has 0 radical (unpaired) electrons. The molecule has 0 aliphatic carbocycles. The number of aromatic nitrogens is 3. The third-order valence-corrected chi connectivity index (χ3v) is 3.97. The minimum absolute atomic E-state index is 0.256. The number of hydrogen-bond donors (Lipinski definition) is 3. The molecule has 6 heteroatoms. The van der Waals surface area contributed by atoms with E-state index in [9.17, 15) is 9.18 Å². The van der Waals surface area contributed by atoms with Gasteiger partial charge in [-0.15, -0.1) is 0 Å². The molecule has 0 aliphatic heterocycles. The van der Waals surface area contributed by atoms with Crippen molar-refractivity contribution >= 4 is 22.5 Å². The lowest BCUT2D eigenvalue weighted by molar-refractivity contribution is 0.104. The van der Waals surface area contributed by atoms with E-state index in [-0.39, 0.29) is 11.6 Å². The Hall–Kier alpha value is -3.41. The van der Waals surface area contributed by atoms with E-state index in [2.05, 4.69) is 15.0 Å². The number of benzene rings is 1. The van der Waals surface area contributed by atoms with Gasteiger partial charge in [0.05, 0.1) is 11.3 Å². The smallest absolute Gasteiger partial charge is 0.199 e. The Morgan fingerprint density at radius 3 is 2.79 bits per heavy atom. The van der Waals surface area contributed by atoms with E-state index < -0.39 is 5.82 Å². The number of aromatic amines is 2. The van der Waals surface area contributed by atoms with Crippen molar-refractivity contribution in [1.82, 2.24) is 15.0 Å². The van der Waals surface area contributed by atoms with Gasteiger partial charge in [0.15, 0.2) is 5.78 Å². The third kappa shape index (κ3) is 2.16. The summed E-state index contributed by atoms with van der Waals surface area (Å²) in [5, 5.41) is 0.521. The molecule has 0 bridgehead atoms. The van der Waals surface area contributed by atoms with Crippen molar-refractivity contribution in [2.75, 3.05) is 5.73 Å². The second-order valence-electron chi connectivity index (χ2n) is 5.43. The summed E-state index contributed by atoms with van der Waals surface area (Å²) in [6, 6.07) is 9.71. The Morgan fingerprint density at radius 2 is 2.00 bits per heavy atom. The zero-order valence-corrected chi connectivity index (χ0v) is 12.5. The number of halogens is 1. The summed E-state index contributed by atoms with van der Waals surface area (Å²) < 4.78 is 13.6. The van der Waals surface area contributed by atoms with Crippen molar-refractivity contribution < 1.29 is 9.18 Å². The Labute approximate surface area is 136 Å². The summed E-state index contributed by atoms with van der Waals surface area (Å²) in [7, 11) is 0. The van der Waals surface area contributed by atoms with Gasteiger partial charge in [0.2, 0.25) is 0 Å². The molecule has 0 amide bonds. The molecule has 24 heavy (non-hydrogen) atoms. The lowest BCUT2D eigenvalue weighted by Crippen LogP contribution is -2.05. The second kappa shape index (κ2) is 5.34. The quantitative estimate of drug-likeness (QED) is 0.505. The maximum atomic E-state index is 13.6. The number of carbonyl (C=O) groups excluding carboxylic acids is 1. The SMILES string of the molecule is Nc1[nH]cc(-c2ccccn2)c1C(=O)c1c[nH]c2ccc(F)cc12. The van der Waals surface area contributed by atoms with Crippen LogP contribution in [-0.4, -0.2) is 20.7 Å². The van der Waals surface area contributed by atoms with E-state index in [0.29, 0.717) is 33.3 Å². The molecule has 5 nitrogen and oxygen atoms in total. The van der Waals surface area contributed by atoms with Crippen molar-refractivity contribution in [3.8, 4) is 11.3 Å². The van der Waals surface area contributed by atoms with E-state index in [1.165, 1.54) is 12.1 Å². The molecule has 4 N–H and O–H groups in total. The van der Waals surface area contributed by atoms with Gasteiger partial charge >= 0.3 is 0 Å². The zero-order valence-electron chi connectivity index (χ0n) is 12.5. The average Bonchev–Trinajstić information content (AvgIpc) is 3.18. The van der Waals surface area contributed by atoms with Gasteiger partial charge in [-0.3, -0.25) is 9.78 Å². The van der Waals surface area contributed by atoms with Gasteiger partial charge in [-0.25, -0.2) is 4.39 Å². The van der Waals surface area contributed by atoms with Crippen LogP contribution >= 0.6 is 0 Å². The molecule has 0 atom stereocenters. The van der Waals surface area contributed by atoms with E-state index >= 15 is 0 Å². The predicted octanol–water partition coefficient (Wildman–Crippen LogP) is 3.51. The highest BCUT2D eigenvalue weighted by molar-refractivity contribution is 6.21. The van der Waals surface area contributed by atoms with Crippen LogP contribution in [-0.2, 0) is 0 Å². The number of nitrogens with two attached hydrogens (primary N) is 1. The number of nitrogens with one attached hydrogen (secondary N) is 2. The topological polar surface area (TPSA) is 87.6 Å². The van der Waals surface area contributed by atoms with Crippen LogP contribution in [0.15, 0.2) is 55.0 Å². The van der Waals surface area contributed by atoms with Crippen LogP contribution in [0.3, 0.4) is 0 Å². The first kappa shape index (κ1) is 14.2. The molecule has 4 rings (SSSR count). The van der Waals surface area contributed by atoms with E-state index in [4.69, 9.17) is 5.73 Å². The van der Waals surface area contributed by atoms with Crippen molar-refractivity contribution in [2.45, 2.75) is 0 Å². The summed E-state index contributed by atoms with van der Waals surface area (Å²) in [5.41, 5.74) is 8.61. The van der Waals surface area contributed by atoms with Crippen molar-refractivity contribution in [3.63, 3.8) is 0 Å². The second-order valence-corrected chi connectivity index (χ2v) is 5.43. The van der Waals surface area contributed by atoms with E-state index in [0.717, 1.165) is 0 Å². The number of H-pyrrole nitrogens is 2. The highest BCUT2D eigenvalue weighted by atomic mass is 19.1. The fourth-order valence-corrected chi connectivity index (χ4v) is 2.82. The lowest BCUT2D eigenvalue weighted by atomic mass is 9.99. The summed E-state index contributed by atoms with van der Waals surface area (Å²) >= 11 is 0. The van der Waals surface area contributed by atoms with Crippen LogP contribution < -0.4 is 5.73 Å². The molecule has 0 aliphatic rings. The molecular weight excluding hydrogens is 307 g/mol. The highest BCUT2D eigenvalue weighted by Gasteiger charge is 2.23. The number of anilines is 1. The van der Waals surface area contributed by atoms with Crippen molar-refractivity contribution in [1.29, 1.82) is 0 Å². The molecular formula is C18H13FN4O. The number of rotatable bonds is 3. The summed E-state index contributed by atoms with van der Waals surface area (Å²) in [5.74, 6) is -0.430. The number of pyridine rings is 1. The molecule has 0 saturated heterocycles. The van der Waals surface area contributed by atoms with Crippen LogP contribution in [0, 0.1) is 5.82 Å². The minimum Gasteiger partial charge on any atom is -0.385 e. The molecule has 3 aromatic heterocycles. The summed E-state index contributed by atoms with van der Waals surface area (Å²) in [4.78, 5) is 23.2. The molecule has 4 aromatic rings. The van der Waals surface area contributed by atoms with Crippen LogP contribution in [0.2, 0.25) is 0 Å². The molecule has 0 fully saturated rings. The minimum atomic E-state index is -0.400. The highest BCUT2D eigenvalue weighted by Crippen LogP contribution is 2.30. The van der Waals surface area contributed by atoms with Gasteiger partial charge in [0.1, 0.15) is 11.6 Å². The first-order valence-electron chi connectivity index (χ1n) is 7.34. The zero-order chi connectivity index (χ0) is 16.7. The van der Waals surface area contributed by atoms with Gasteiger partial charge in [-0.1, -0.05) is 6.07 Å². The molecule has 3 heterocycles. The molecule has 0 unspecified atom stereocenters. The van der Waals surface area contributed by atoms with Gasteiger partial charge in [0, 0.05) is 40.6 Å². The Bertz CT molecular complexity index is 1050. The fraction of sp³-hybridized carbons (Fsp3) is 0. The monoisotopic (exact) mass is 320 g/mol. The van der Waals surface area contributed by atoms with Gasteiger partial charge in [-0.2, -0.15) is 0 Å². The first-order valence-corrected chi connectivity index (χ1v) is 7.34. The Morgan fingerprint density at radius 1 is 1.12 bits per heavy atom. The molecule has 0 saturated carbocycles. The normalized spacial score (nSPS) is 11.0. The number of hydrogen-bond acceptors (Lipinski definition) is 3. The van der Waals surface area contributed by atoms with Crippen LogP contribution in [0.1, 0.15) is 15.9 Å². The van der Waals surface area contributed by atoms with Gasteiger partial charge in [-0.05, 0) is 30.3 Å². The molecule has 118 valence electrons. The average molecular weight is 320 g/mol. The lowest BCUT2D eigenvalue weighted by Gasteiger charge is -2.04. The maximum Gasteiger partial charge on any atom is 0.199 e. The fourth-order valence-electron chi connectivity index (χ4n) is 2.82. The van der Waals surface area contributed by atoms with Crippen LogP contribution in [0.25, 0.3) is 22.2 Å². The molecule has 1 aromatic carbocycles. The largest absolute Gasteiger partial charge is 0.385 e. The van der Waals surface area contributed by atoms with Crippen LogP contribution in [0.4, 0.5) is 10.2 Å². The van der Waals surface area contributed by atoms with E-state index in [1.54, 1.807) is 36.8 Å². The maximum absolute atomic E-state index is 13.6. The number of ketones is 1. The number of carbonyl (C=O) groups is 1. The Kier molecular flexibility index (Phi) is 3.16. The molecule has 0 spiro atoms. The van der Waals surface area contributed by atoms with Crippen LogP contribution in [0.5, 0.6) is 0 Å². The number of nitrogen functional groups attached to an aromatic ring is 1. The first-order chi connectivity index (χ1) is 11.6. The van der Waals surface area contributed by atoms with Gasteiger partial charge < -0.3 is 15.7 Å². The Balaban J connectivity index is 1.89. The van der Waals surface area contributed by atoms with Gasteiger partial charge in [0.25, 0.3) is 0 Å². The van der Waals surface area contributed by atoms with E-state index in [1.807, 2.05) is 6.07 Å². The third-order valence-electron chi connectivity index (χ3n) is 3.97.